The number of nitrogens with zero attached hydrogens (tertiary/aromatic N) is 2. The molecule has 0 unspecified atom stereocenters. The summed E-state index contributed by atoms with van der Waals surface area (Å²) >= 11 is 1.40. The van der Waals surface area contributed by atoms with E-state index in [4.69, 9.17) is 5.11 Å². The molecule has 0 aromatic carbocycles. The highest BCUT2D eigenvalue weighted by atomic mass is 32.2. The SMILES string of the molecule is CCCN(CC(=O)NC)C(=O)N1CSC[C@H]1C(=O)O. The Bertz CT molecular complexity index is 364. The van der Waals surface area contributed by atoms with Gasteiger partial charge in [0.25, 0.3) is 0 Å². The molecule has 0 spiro atoms. The van der Waals surface area contributed by atoms with E-state index in [1.165, 1.54) is 28.6 Å². The van der Waals surface area contributed by atoms with Crippen LogP contribution in [0.15, 0.2) is 0 Å². The van der Waals surface area contributed by atoms with Crippen LogP contribution in [0.3, 0.4) is 0 Å². The van der Waals surface area contributed by atoms with Crippen molar-refractivity contribution < 1.29 is 19.5 Å². The second-order valence-electron chi connectivity index (χ2n) is 4.20. The largest absolute Gasteiger partial charge is 0.480 e. The van der Waals surface area contributed by atoms with Gasteiger partial charge >= 0.3 is 12.0 Å². The minimum absolute atomic E-state index is 0.0450. The number of carbonyl (C=O) groups excluding carboxylic acids is 2. The third-order valence-corrected chi connectivity index (χ3v) is 3.80. The van der Waals surface area contributed by atoms with Gasteiger partial charge in [-0.25, -0.2) is 9.59 Å². The maximum atomic E-state index is 12.3. The van der Waals surface area contributed by atoms with Crippen LogP contribution in [0, 0.1) is 0 Å². The molecular formula is C11H19N3O4S. The van der Waals surface area contributed by atoms with Gasteiger partial charge in [0.05, 0.1) is 5.88 Å². The average molecular weight is 289 g/mol. The van der Waals surface area contributed by atoms with Gasteiger partial charge in [0.1, 0.15) is 12.6 Å². The zero-order chi connectivity index (χ0) is 14.4. The Morgan fingerprint density at radius 3 is 2.68 bits per heavy atom. The number of urea groups is 1. The van der Waals surface area contributed by atoms with Gasteiger partial charge in [-0.3, -0.25) is 4.79 Å². The summed E-state index contributed by atoms with van der Waals surface area (Å²) in [6, 6.07) is -1.19. The van der Waals surface area contributed by atoms with Crippen molar-refractivity contribution in [1.82, 2.24) is 15.1 Å². The molecule has 2 N–H and O–H groups in total. The molecule has 1 aliphatic heterocycles. The second kappa shape index (κ2) is 7.22. The third-order valence-electron chi connectivity index (χ3n) is 2.79. The molecule has 1 heterocycles. The van der Waals surface area contributed by atoms with Crippen molar-refractivity contribution in [2.24, 2.45) is 0 Å². The molecule has 7 nitrogen and oxygen atoms in total. The van der Waals surface area contributed by atoms with Crippen LogP contribution in [0.2, 0.25) is 0 Å². The van der Waals surface area contributed by atoms with E-state index in [0.29, 0.717) is 24.6 Å². The lowest BCUT2D eigenvalue weighted by Gasteiger charge is -2.29. The normalized spacial score (nSPS) is 18.2. The maximum absolute atomic E-state index is 12.3. The van der Waals surface area contributed by atoms with Crippen LogP contribution in [0.4, 0.5) is 4.79 Å². The second-order valence-corrected chi connectivity index (χ2v) is 5.20. The summed E-state index contributed by atoms with van der Waals surface area (Å²) < 4.78 is 0. The lowest BCUT2D eigenvalue weighted by molar-refractivity contribution is -0.140. The van der Waals surface area contributed by atoms with E-state index in [2.05, 4.69) is 5.32 Å². The van der Waals surface area contributed by atoms with Crippen LogP contribution < -0.4 is 5.32 Å². The summed E-state index contributed by atoms with van der Waals surface area (Å²) in [5.41, 5.74) is 0. The molecule has 8 heteroatoms. The number of amides is 3. The lowest BCUT2D eigenvalue weighted by atomic mass is 10.3. The van der Waals surface area contributed by atoms with Gasteiger partial charge in [0.15, 0.2) is 0 Å². The summed E-state index contributed by atoms with van der Waals surface area (Å²) in [7, 11) is 1.50. The van der Waals surface area contributed by atoms with E-state index < -0.39 is 12.0 Å². The first-order valence-electron chi connectivity index (χ1n) is 6.08. The van der Waals surface area contributed by atoms with E-state index in [9.17, 15) is 14.4 Å². The molecule has 3 amide bonds. The Hall–Kier alpha value is -1.44. The number of rotatable bonds is 5. The number of hydrogen-bond acceptors (Lipinski definition) is 4. The summed E-state index contributed by atoms with van der Waals surface area (Å²) in [5, 5.41) is 11.5. The molecule has 0 aliphatic carbocycles. The van der Waals surface area contributed by atoms with Crippen LogP contribution in [-0.2, 0) is 9.59 Å². The number of aliphatic carboxylic acids is 1. The van der Waals surface area contributed by atoms with E-state index in [1.807, 2.05) is 6.92 Å². The zero-order valence-corrected chi connectivity index (χ0v) is 11.9. The van der Waals surface area contributed by atoms with Gasteiger partial charge < -0.3 is 20.2 Å². The molecule has 1 fully saturated rings. The van der Waals surface area contributed by atoms with Crippen LogP contribution in [0.25, 0.3) is 0 Å². The van der Waals surface area contributed by atoms with Crippen LogP contribution in [-0.4, -0.2) is 70.6 Å². The summed E-state index contributed by atoms with van der Waals surface area (Å²) in [4.78, 5) is 37.5. The molecule has 0 radical (unpaired) electrons. The topological polar surface area (TPSA) is 90.0 Å². The van der Waals surface area contributed by atoms with Crippen molar-refractivity contribution in [3.05, 3.63) is 0 Å². The minimum atomic E-state index is -1.00. The van der Waals surface area contributed by atoms with Gasteiger partial charge in [-0.15, -0.1) is 11.8 Å². The smallest absolute Gasteiger partial charge is 0.327 e. The van der Waals surface area contributed by atoms with Gasteiger partial charge in [-0.05, 0) is 6.42 Å². The fourth-order valence-electron chi connectivity index (χ4n) is 1.78. The highest BCUT2D eigenvalue weighted by Crippen LogP contribution is 2.22. The molecule has 1 saturated heterocycles. The Kier molecular flexibility index (Phi) is 5.94. The summed E-state index contributed by atoms with van der Waals surface area (Å²) in [6.45, 7) is 2.29. The number of thioether (sulfide) groups is 1. The van der Waals surface area contributed by atoms with Gasteiger partial charge in [0.2, 0.25) is 5.91 Å². The Balaban J connectivity index is 2.75. The fourth-order valence-corrected chi connectivity index (χ4v) is 2.92. The van der Waals surface area contributed by atoms with Crippen molar-refractivity contribution in [2.75, 3.05) is 31.8 Å². The van der Waals surface area contributed by atoms with Crippen molar-refractivity contribution in [1.29, 1.82) is 0 Å². The molecule has 1 rings (SSSR count). The van der Waals surface area contributed by atoms with Crippen molar-refractivity contribution >= 4 is 29.7 Å². The molecule has 1 atom stereocenters. The first kappa shape index (κ1) is 15.6. The summed E-state index contributed by atoms with van der Waals surface area (Å²) in [6.07, 6.45) is 0.710. The van der Waals surface area contributed by atoms with Gasteiger partial charge in [-0.2, -0.15) is 0 Å². The van der Waals surface area contributed by atoms with E-state index in [1.54, 1.807) is 0 Å². The quantitative estimate of drug-likeness (QED) is 0.745. The molecule has 0 bridgehead atoms. The van der Waals surface area contributed by atoms with Crippen LogP contribution >= 0.6 is 11.8 Å². The first-order chi connectivity index (χ1) is 9.01. The van der Waals surface area contributed by atoms with Crippen molar-refractivity contribution in [2.45, 2.75) is 19.4 Å². The number of carboxylic acids is 1. The number of carbonyl (C=O) groups is 3. The Labute approximate surface area is 116 Å². The Morgan fingerprint density at radius 1 is 1.47 bits per heavy atom. The number of hydrogen-bond donors (Lipinski definition) is 2. The lowest BCUT2D eigenvalue weighted by Crippen LogP contribution is -2.51. The number of likely N-dealkylation sites (N-methyl/N-ethyl adjacent to an activating group) is 1. The highest BCUT2D eigenvalue weighted by Gasteiger charge is 2.36. The van der Waals surface area contributed by atoms with Crippen molar-refractivity contribution in [3.8, 4) is 0 Å². The van der Waals surface area contributed by atoms with Gasteiger partial charge in [-0.1, -0.05) is 6.92 Å². The third kappa shape index (κ3) is 4.02. The molecule has 19 heavy (non-hydrogen) atoms. The first-order valence-corrected chi connectivity index (χ1v) is 7.23. The zero-order valence-electron chi connectivity index (χ0n) is 11.1. The van der Waals surface area contributed by atoms with Crippen LogP contribution in [0.1, 0.15) is 13.3 Å². The van der Waals surface area contributed by atoms with E-state index >= 15 is 0 Å². The van der Waals surface area contributed by atoms with Crippen LogP contribution in [0.5, 0.6) is 0 Å². The highest BCUT2D eigenvalue weighted by molar-refractivity contribution is 7.99. The number of carboxylic acid groups (broad SMARTS) is 1. The standard InChI is InChI=1S/C11H19N3O4S/c1-3-4-13(5-9(15)12-2)11(18)14-7-19-6-8(14)10(16)17/h8H,3-7H2,1-2H3,(H,12,15)(H,16,17)/t8-/m0/s1. The average Bonchev–Trinajstić information content (AvgIpc) is 2.86. The summed E-state index contributed by atoms with van der Waals surface area (Å²) in [5.74, 6) is -0.527. The molecule has 108 valence electrons. The number of nitrogens with one attached hydrogen (secondary N) is 1. The predicted octanol–water partition coefficient (Wildman–Crippen LogP) is 0.0239. The monoisotopic (exact) mass is 289 g/mol. The van der Waals surface area contributed by atoms with E-state index in [0.717, 1.165) is 0 Å². The molecular weight excluding hydrogens is 270 g/mol. The van der Waals surface area contributed by atoms with E-state index in [-0.39, 0.29) is 18.5 Å². The van der Waals surface area contributed by atoms with Crippen molar-refractivity contribution in [3.63, 3.8) is 0 Å². The molecule has 0 aromatic heterocycles. The van der Waals surface area contributed by atoms with Gasteiger partial charge in [0, 0.05) is 19.3 Å². The minimum Gasteiger partial charge on any atom is -0.480 e. The molecule has 0 aromatic rings. The Morgan fingerprint density at radius 2 is 2.16 bits per heavy atom. The maximum Gasteiger partial charge on any atom is 0.327 e. The fraction of sp³-hybridized carbons (Fsp3) is 0.727. The molecule has 1 aliphatic rings. The predicted molar refractivity (Wildman–Crippen MR) is 71.9 cm³/mol. The molecule has 0 saturated carbocycles.